The lowest BCUT2D eigenvalue weighted by atomic mass is 10.0. The van der Waals surface area contributed by atoms with E-state index in [-0.39, 0.29) is 10.8 Å². The van der Waals surface area contributed by atoms with Crippen LogP contribution in [-0.4, -0.2) is 15.4 Å². The molecule has 0 bridgehead atoms. The molecule has 3 rings (SSSR count). The van der Waals surface area contributed by atoms with E-state index < -0.39 is 0 Å². The summed E-state index contributed by atoms with van der Waals surface area (Å²) >= 11 is 1.07. The van der Waals surface area contributed by atoms with Crippen LogP contribution in [0.4, 0.5) is 5.69 Å². The number of para-hydroxylation sites is 1. The molecule has 0 fully saturated rings. The molecule has 108 valence electrons. The highest BCUT2D eigenvalue weighted by atomic mass is 32.1. The van der Waals surface area contributed by atoms with Crippen LogP contribution in [0.2, 0.25) is 0 Å². The highest BCUT2D eigenvalue weighted by molar-refractivity contribution is 7.10. The van der Waals surface area contributed by atoms with E-state index in [0.717, 1.165) is 40.3 Å². The Kier molecular flexibility index (Phi) is 3.51. The topological polar surface area (TPSA) is 54.6 Å². The molecule has 0 radical (unpaired) electrons. The highest BCUT2D eigenvalue weighted by Gasteiger charge is 2.19. The average molecular weight is 300 g/mol. The minimum absolute atomic E-state index is 0.0523. The van der Waals surface area contributed by atoms with Crippen LogP contribution in [0.25, 0.3) is 11.6 Å². The predicted octanol–water partition coefficient (Wildman–Crippen LogP) is 3.67. The second-order valence-electron chi connectivity index (χ2n) is 4.98. The Hall–Kier alpha value is -2.14. The van der Waals surface area contributed by atoms with E-state index in [1.165, 1.54) is 4.57 Å². The first-order chi connectivity index (χ1) is 10.1. The average Bonchev–Trinajstić information content (AvgIpc) is 2.92. The molecule has 2 heterocycles. The summed E-state index contributed by atoms with van der Waals surface area (Å²) in [7, 11) is 0. The summed E-state index contributed by atoms with van der Waals surface area (Å²) in [6.07, 6.45) is 2.67. The van der Waals surface area contributed by atoms with Crippen LogP contribution >= 0.6 is 11.3 Å². The lowest BCUT2D eigenvalue weighted by Crippen LogP contribution is -2.11. The van der Waals surface area contributed by atoms with Gasteiger partial charge in [0.15, 0.2) is 0 Å². The number of rotatable bonds is 3. The Morgan fingerprint density at radius 2 is 2.14 bits per heavy atom. The lowest BCUT2D eigenvalue weighted by Gasteiger charge is -2.02. The molecule has 1 aromatic heterocycles. The highest BCUT2D eigenvalue weighted by Crippen LogP contribution is 2.37. The van der Waals surface area contributed by atoms with E-state index in [1.54, 1.807) is 0 Å². The van der Waals surface area contributed by atoms with Crippen LogP contribution in [0.15, 0.2) is 34.1 Å². The number of thiazole rings is 1. The van der Waals surface area contributed by atoms with Crippen molar-refractivity contribution in [2.75, 3.05) is 0 Å². The minimum Gasteiger partial charge on any atom is -0.493 e. The Morgan fingerprint density at radius 3 is 2.90 bits per heavy atom. The van der Waals surface area contributed by atoms with Gasteiger partial charge >= 0.3 is 4.87 Å². The molecule has 1 N–H and O–H groups in total. The van der Waals surface area contributed by atoms with E-state index in [0.29, 0.717) is 11.4 Å². The number of nitrogens with zero attached hydrogens (tertiary/aromatic N) is 2. The van der Waals surface area contributed by atoms with Crippen LogP contribution in [0.1, 0.15) is 30.7 Å². The standard InChI is InChI=1S/C16H16N2O2S/c1-3-8-18-15(19)14(21-16(18)20)9-12-10(2)17-13-7-5-4-6-11(12)13/h4-7,9,19H,3,8H2,1-2H3. The fraction of sp³-hybridized carbons (Fsp3) is 0.250. The quantitative estimate of drug-likeness (QED) is 0.940. The van der Waals surface area contributed by atoms with Crippen molar-refractivity contribution in [3.05, 3.63) is 44.4 Å². The maximum atomic E-state index is 11.9. The normalized spacial score (nSPS) is 15.3. The smallest absolute Gasteiger partial charge is 0.310 e. The van der Waals surface area contributed by atoms with Gasteiger partial charge in [0.2, 0.25) is 5.88 Å². The molecule has 0 atom stereocenters. The van der Waals surface area contributed by atoms with E-state index in [9.17, 15) is 9.90 Å². The maximum absolute atomic E-state index is 11.9. The van der Waals surface area contributed by atoms with E-state index in [2.05, 4.69) is 4.99 Å². The second-order valence-corrected chi connectivity index (χ2v) is 5.97. The van der Waals surface area contributed by atoms with Crippen LogP contribution in [0.3, 0.4) is 0 Å². The van der Waals surface area contributed by atoms with Crippen molar-refractivity contribution < 1.29 is 5.11 Å². The molecule has 21 heavy (non-hydrogen) atoms. The predicted molar refractivity (Wildman–Crippen MR) is 87.6 cm³/mol. The molecular weight excluding hydrogens is 284 g/mol. The molecule has 2 aromatic rings. The summed E-state index contributed by atoms with van der Waals surface area (Å²) in [6.45, 7) is 4.45. The molecule has 0 aliphatic carbocycles. The molecule has 4 nitrogen and oxygen atoms in total. The van der Waals surface area contributed by atoms with Crippen molar-refractivity contribution in [3.63, 3.8) is 0 Å². The van der Waals surface area contributed by atoms with Crippen molar-refractivity contribution in [3.8, 4) is 5.88 Å². The summed E-state index contributed by atoms with van der Waals surface area (Å²) in [5, 5.41) is 10.2. The molecule has 0 amide bonds. The SMILES string of the molecule is CCCn1c(O)c(C=C2C(C)=Nc3ccccc32)sc1=O. The van der Waals surface area contributed by atoms with Crippen molar-refractivity contribution >= 4 is 34.4 Å². The maximum Gasteiger partial charge on any atom is 0.310 e. The number of hydrogen-bond acceptors (Lipinski definition) is 4. The number of aromatic nitrogens is 1. The van der Waals surface area contributed by atoms with Gasteiger partial charge in [-0.25, -0.2) is 0 Å². The van der Waals surface area contributed by atoms with Crippen molar-refractivity contribution in [1.82, 2.24) is 4.57 Å². The van der Waals surface area contributed by atoms with E-state index >= 15 is 0 Å². The van der Waals surface area contributed by atoms with Crippen LogP contribution < -0.4 is 4.87 Å². The summed E-state index contributed by atoms with van der Waals surface area (Å²) in [5.74, 6) is 0.0523. The Balaban J connectivity index is 2.10. The van der Waals surface area contributed by atoms with Gasteiger partial charge in [-0.15, -0.1) is 0 Å². The van der Waals surface area contributed by atoms with Crippen LogP contribution in [0.5, 0.6) is 5.88 Å². The largest absolute Gasteiger partial charge is 0.493 e. The van der Waals surface area contributed by atoms with Gasteiger partial charge < -0.3 is 5.11 Å². The molecular formula is C16H16N2O2S. The van der Waals surface area contributed by atoms with Crippen molar-refractivity contribution in [2.45, 2.75) is 26.8 Å². The van der Waals surface area contributed by atoms with Gasteiger partial charge in [-0.3, -0.25) is 14.4 Å². The number of aliphatic imine (C=N–C) groups is 1. The number of hydrogen-bond donors (Lipinski definition) is 1. The first kappa shape index (κ1) is 13.8. The minimum atomic E-state index is -0.123. The third kappa shape index (κ3) is 2.34. The summed E-state index contributed by atoms with van der Waals surface area (Å²) in [4.78, 5) is 16.9. The van der Waals surface area contributed by atoms with Crippen molar-refractivity contribution in [2.24, 2.45) is 4.99 Å². The fourth-order valence-corrected chi connectivity index (χ4v) is 3.33. The number of fused-ring (bicyclic) bond motifs is 1. The van der Waals surface area contributed by atoms with E-state index in [1.807, 2.05) is 44.2 Å². The third-order valence-electron chi connectivity index (χ3n) is 3.49. The first-order valence-electron chi connectivity index (χ1n) is 6.91. The second kappa shape index (κ2) is 5.33. The monoisotopic (exact) mass is 300 g/mol. The molecule has 1 aliphatic heterocycles. The van der Waals surface area contributed by atoms with Crippen molar-refractivity contribution in [1.29, 1.82) is 0 Å². The van der Waals surface area contributed by atoms with Gasteiger partial charge in [0.25, 0.3) is 0 Å². The zero-order valence-electron chi connectivity index (χ0n) is 12.0. The third-order valence-corrected chi connectivity index (χ3v) is 4.40. The van der Waals surface area contributed by atoms with Crippen LogP contribution in [0, 0.1) is 0 Å². The molecule has 1 aliphatic rings. The zero-order chi connectivity index (χ0) is 15.0. The Bertz CT molecular complexity index is 812. The van der Waals surface area contributed by atoms with Gasteiger partial charge in [-0.1, -0.05) is 36.5 Å². The summed E-state index contributed by atoms with van der Waals surface area (Å²) < 4.78 is 1.42. The summed E-state index contributed by atoms with van der Waals surface area (Å²) in [5.41, 5.74) is 3.84. The molecule has 0 saturated heterocycles. The van der Waals surface area contributed by atoms with Gasteiger partial charge in [0, 0.05) is 23.4 Å². The summed E-state index contributed by atoms with van der Waals surface area (Å²) in [6, 6.07) is 7.88. The molecule has 0 saturated carbocycles. The molecule has 0 unspecified atom stereocenters. The van der Waals surface area contributed by atoms with Gasteiger partial charge in [0.05, 0.1) is 10.6 Å². The fourth-order valence-electron chi connectivity index (χ4n) is 2.48. The molecule has 1 aromatic carbocycles. The van der Waals surface area contributed by atoms with Gasteiger partial charge in [0.1, 0.15) is 0 Å². The van der Waals surface area contributed by atoms with E-state index in [4.69, 9.17) is 0 Å². The molecule has 5 heteroatoms. The van der Waals surface area contributed by atoms with Gasteiger partial charge in [-0.05, 0) is 25.5 Å². The van der Waals surface area contributed by atoms with Crippen LogP contribution in [-0.2, 0) is 6.54 Å². The zero-order valence-corrected chi connectivity index (χ0v) is 12.8. The Morgan fingerprint density at radius 1 is 1.38 bits per heavy atom. The Labute approximate surface area is 126 Å². The first-order valence-corrected chi connectivity index (χ1v) is 7.72. The van der Waals surface area contributed by atoms with Gasteiger partial charge in [-0.2, -0.15) is 0 Å². The number of allylic oxidation sites excluding steroid dienone is 1. The lowest BCUT2D eigenvalue weighted by molar-refractivity contribution is 0.411. The molecule has 0 spiro atoms. The number of benzene rings is 1. The number of aromatic hydroxyl groups is 1.